The molecule has 0 bridgehead atoms. The molecule has 0 spiro atoms. The van der Waals surface area contributed by atoms with E-state index in [9.17, 15) is 13.6 Å². The van der Waals surface area contributed by atoms with Crippen LogP contribution in [0.25, 0.3) is 17.4 Å². The van der Waals surface area contributed by atoms with Crippen molar-refractivity contribution in [3.63, 3.8) is 0 Å². The highest BCUT2D eigenvalue weighted by Gasteiger charge is 2.33. The van der Waals surface area contributed by atoms with E-state index in [1.165, 1.54) is 10.8 Å². The summed E-state index contributed by atoms with van der Waals surface area (Å²) in [6.45, 7) is 5.92. The number of carbonyl (C=O) groups excluding carboxylic acids is 1. The van der Waals surface area contributed by atoms with Gasteiger partial charge in [0.05, 0.1) is 12.8 Å². The first-order valence-corrected chi connectivity index (χ1v) is 10.7. The zero-order chi connectivity index (χ0) is 23.8. The van der Waals surface area contributed by atoms with Gasteiger partial charge in [-0.2, -0.15) is 19.5 Å². The lowest BCUT2D eigenvalue weighted by atomic mass is 10.0. The highest BCUT2D eigenvalue weighted by Crippen LogP contribution is 2.20. The number of hydrogen-bond donors (Lipinski definition) is 2. The van der Waals surface area contributed by atoms with Gasteiger partial charge in [-0.1, -0.05) is 13.8 Å². The van der Waals surface area contributed by atoms with Gasteiger partial charge in [-0.3, -0.25) is 9.69 Å². The van der Waals surface area contributed by atoms with Crippen molar-refractivity contribution in [1.82, 2.24) is 34.4 Å². The van der Waals surface area contributed by atoms with E-state index >= 15 is 0 Å². The zero-order valence-electron chi connectivity index (χ0n) is 18.7. The van der Waals surface area contributed by atoms with E-state index in [-0.39, 0.29) is 36.0 Å². The van der Waals surface area contributed by atoms with E-state index in [0.717, 1.165) is 6.92 Å². The van der Waals surface area contributed by atoms with Crippen molar-refractivity contribution < 1.29 is 18.0 Å². The number of fused-ring (bicyclic) bond motifs is 1. The number of piperazine rings is 1. The number of rotatable bonds is 7. The summed E-state index contributed by atoms with van der Waals surface area (Å²) in [7, 11) is 0. The molecule has 1 fully saturated rings. The minimum Gasteiger partial charge on any atom is -0.461 e. The maximum atomic E-state index is 13.3. The fourth-order valence-corrected chi connectivity index (χ4v) is 3.75. The minimum absolute atomic E-state index is 0.0527. The smallest absolute Gasteiger partial charge is 0.259 e. The van der Waals surface area contributed by atoms with E-state index in [1.807, 2.05) is 13.8 Å². The maximum absolute atomic E-state index is 13.3. The Labute approximate surface area is 189 Å². The summed E-state index contributed by atoms with van der Waals surface area (Å²) in [5, 5.41) is 7.32. The lowest BCUT2D eigenvalue weighted by Crippen LogP contribution is -2.55. The van der Waals surface area contributed by atoms with Crippen LogP contribution in [0.15, 0.2) is 22.8 Å². The summed E-state index contributed by atoms with van der Waals surface area (Å²) in [6, 6.07) is 2.81. The van der Waals surface area contributed by atoms with Crippen LogP contribution in [0.2, 0.25) is 0 Å². The molecule has 0 unspecified atom stereocenters. The van der Waals surface area contributed by atoms with Crippen molar-refractivity contribution in [2.45, 2.75) is 32.7 Å². The number of nitrogen functional groups attached to an aromatic ring is 1. The normalized spacial score (nSPS) is 16.5. The van der Waals surface area contributed by atoms with Gasteiger partial charge in [-0.15, -0.1) is 5.10 Å². The minimum atomic E-state index is -2.76. The molecular formula is C20H27F2N9O2. The van der Waals surface area contributed by atoms with E-state index in [4.69, 9.17) is 10.2 Å². The topological polar surface area (TPSA) is 131 Å². The average molecular weight is 463 g/mol. The highest BCUT2D eigenvalue weighted by atomic mass is 19.3. The van der Waals surface area contributed by atoms with Crippen LogP contribution in [0.4, 0.5) is 20.7 Å². The summed E-state index contributed by atoms with van der Waals surface area (Å²) in [6.07, 6.45) is 1.51. The van der Waals surface area contributed by atoms with Crippen molar-refractivity contribution in [1.29, 1.82) is 0 Å². The van der Waals surface area contributed by atoms with Gasteiger partial charge in [0.1, 0.15) is 6.04 Å². The van der Waals surface area contributed by atoms with Crippen LogP contribution in [-0.4, -0.2) is 85.0 Å². The molecule has 0 aliphatic carbocycles. The molecule has 1 saturated heterocycles. The molecule has 1 aliphatic rings. The summed E-state index contributed by atoms with van der Waals surface area (Å²) in [4.78, 5) is 29.5. The molecular weight excluding hydrogens is 436 g/mol. The quantitative estimate of drug-likeness (QED) is 0.536. The molecule has 1 aliphatic heterocycles. The van der Waals surface area contributed by atoms with Crippen molar-refractivity contribution in [3.05, 3.63) is 18.4 Å². The summed E-state index contributed by atoms with van der Waals surface area (Å²) in [5.41, 5.74) is 6.04. The molecule has 178 valence electrons. The number of anilines is 2. The van der Waals surface area contributed by atoms with Crippen LogP contribution in [0.1, 0.15) is 20.8 Å². The Hall–Kier alpha value is -3.35. The van der Waals surface area contributed by atoms with Crippen LogP contribution in [0, 0.1) is 5.92 Å². The van der Waals surface area contributed by atoms with Crippen LogP contribution in [0.3, 0.4) is 0 Å². The monoisotopic (exact) mass is 463 g/mol. The summed E-state index contributed by atoms with van der Waals surface area (Å²) >= 11 is 0. The number of amides is 1. The molecule has 4 rings (SSSR count). The van der Waals surface area contributed by atoms with Gasteiger partial charge in [0.15, 0.2) is 5.76 Å². The zero-order valence-corrected chi connectivity index (χ0v) is 18.7. The van der Waals surface area contributed by atoms with E-state index < -0.39 is 12.0 Å². The van der Waals surface area contributed by atoms with E-state index in [1.54, 1.807) is 21.9 Å². The van der Waals surface area contributed by atoms with E-state index in [2.05, 4.69) is 25.4 Å². The van der Waals surface area contributed by atoms with Gasteiger partial charge in [-0.25, -0.2) is 8.78 Å². The first-order chi connectivity index (χ1) is 15.6. The Kier molecular flexibility index (Phi) is 6.15. The third-order valence-corrected chi connectivity index (χ3v) is 5.38. The number of furan rings is 1. The molecule has 3 aromatic heterocycles. The van der Waals surface area contributed by atoms with Crippen molar-refractivity contribution in [3.8, 4) is 11.6 Å². The van der Waals surface area contributed by atoms with E-state index in [0.29, 0.717) is 37.8 Å². The largest absolute Gasteiger partial charge is 0.461 e. The van der Waals surface area contributed by atoms with Crippen LogP contribution >= 0.6 is 0 Å². The summed E-state index contributed by atoms with van der Waals surface area (Å²) < 4.78 is 33.2. The second-order valence-corrected chi connectivity index (χ2v) is 8.57. The second-order valence-electron chi connectivity index (χ2n) is 8.57. The van der Waals surface area contributed by atoms with Gasteiger partial charge >= 0.3 is 0 Å². The Balaban J connectivity index is 1.48. The third kappa shape index (κ3) is 5.18. The Morgan fingerprint density at radius 1 is 1.24 bits per heavy atom. The van der Waals surface area contributed by atoms with Gasteiger partial charge < -0.3 is 20.4 Å². The predicted molar refractivity (Wildman–Crippen MR) is 117 cm³/mol. The van der Waals surface area contributed by atoms with Gasteiger partial charge in [-0.05, 0) is 18.1 Å². The van der Waals surface area contributed by atoms with Gasteiger partial charge in [0, 0.05) is 33.1 Å². The van der Waals surface area contributed by atoms with Crippen molar-refractivity contribution in [2.24, 2.45) is 5.92 Å². The molecule has 0 aromatic carbocycles. The number of nitrogens with two attached hydrogens (primary N) is 1. The van der Waals surface area contributed by atoms with Crippen LogP contribution < -0.4 is 11.1 Å². The molecule has 1 atom stereocenters. The predicted octanol–water partition coefficient (Wildman–Crippen LogP) is 1.60. The molecule has 11 nitrogen and oxygen atoms in total. The van der Waals surface area contributed by atoms with Gasteiger partial charge in [0.2, 0.25) is 23.6 Å². The summed E-state index contributed by atoms with van der Waals surface area (Å²) in [5.74, 6) is -1.81. The fraction of sp³-hybridized carbons (Fsp3) is 0.550. The number of nitrogens with zero attached hydrogens (tertiary/aromatic N) is 7. The molecule has 13 heteroatoms. The Morgan fingerprint density at radius 3 is 2.58 bits per heavy atom. The number of hydrogen-bond acceptors (Lipinski definition) is 9. The fourth-order valence-electron chi connectivity index (χ4n) is 3.75. The molecule has 1 amide bonds. The SMILES string of the molecule is CC(C)[C@H](Nc1nc(N)n2nc(-c3ccco3)nc2n1)C(=O)N1CCN(CC(C)(F)F)CC1. The molecule has 33 heavy (non-hydrogen) atoms. The molecule has 0 radical (unpaired) electrons. The Bertz CT molecular complexity index is 1100. The van der Waals surface area contributed by atoms with Crippen molar-refractivity contribution in [2.75, 3.05) is 43.8 Å². The molecule has 3 N–H and O–H groups in total. The Morgan fingerprint density at radius 2 is 1.97 bits per heavy atom. The van der Waals surface area contributed by atoms with Crippen LogP contribution in [-0.2, 0) is 4.79 Å². The number of carbonyl (C=O) groups is 1. The molecule has 4 heterocycles. The lowest BCUT2D eigenvalue weighted by Gasteiger charge is -2.38. The standard InChI is InChI=1S/C20H27F2N9O2/c1-12(2)14(16(32)30-8-6-29(7-9-30)11-20(3,21)22)24-18-26-17(23)31-19(27-18)25-15(28-31)13-5-4-10-33-13/h4-5,10,12,14H,6-9,11H2,1-3H3,(H3,23,24,25,26,27,28)/t14-/m0/s1. The molecule has 0 saturated carbocycles. The van der Waals surface area contributed by atoms with Gasteiger partial charge in [0.25, 0.3) is 11.7 Å². The number of halogens is 2. The number of nitrogens with one attached hydrogen (secondary N) is 1. The average Bonchev–Trinajstić information content (AvgIpc) is 3.40. The third-order valence-electron chi connectivity index (χ3n) is 5.38. The lowest BCUT2D eigenvalue weighted by molar-refractivity contribution is -0.135. The first kappa shape index (κ1) is 22.8. The molecule has 3 aromatic rings. The second kappa shape index (κ2) is 8.89. The first-order valence-electron chi connectivity index (χ1n) is 10.7. The number of aromatic nitrogens is 5. The van der Waals surface area contributed by atoms with Crippen LogP contribution in [0.5, 0.6) is 0 Å². The number of alkyl halides is 2. The maximum Gasteiger partial charge on any atom is 0.259 e. The highest BCUT2D eigenvalue weighted by molar-refractivity contribution is 5.84. The van der Waals surface area contributed by atoms with Crippen molar-refractivity contribution >= 4 is 23.6 Å².